The second-order valence-electron chi connectivity index (χ2n) is 7.97. The summed E-state index contributed by atoms with van der Waals surface area (Å²) in [6.45, 7) is 14.9. The summed E-state index contributed by atoms with van der Waals surface area (Å²) >= 11 is 0. The Morgan fingerprint density at radius 3 is 2.10 bits per heavy atom. The van der Waals surface area contributed by atoms with Gasteiger partial charge >= 0.3 is 0 Å². The lowest BCUT2D eigenvalue weighted by Crippen LogP contribution is -2.33. The third-order valence-electron chi connectivity index (χ3n) is 3.80. The van der Waals surface area contributed by atoms with E-state index in [1.54, 1.807) is 0 Å². The summed E-state index contributed by atoms with van der Waals surface area (Å²) in [5, 5.41) is 13.9. The highest BCUT2D eigenvalue weighted by Gasteiger charge is 2.21. The van der Waals surface area contributed by atoms with E-state index >= 15 is 0 Å². The summed E-state index contributed by atoms with van der Waals surface area (Å²) in [7, 11) is 0. The quantitative estimate of drug-likeness (QED) is 0.746. The molecule has 2 heteroatoms. The van der Waals surface area contributed by atoms with Crippen molar-refractivity contribution in [2.24, 2.45) is 5.92 Å². The van der Waals surface area contributed by atoms with Crippen LogP contribution < -0.4 is 5.32 Å². The molecule has 0 bridgehead atoms. The first-order valence-electron chi connectivity index (χ1n) is 8.13. The van der Waals surface area contributed by atoms with E-state index in [2.05, 4.69) is 64.2 Å². The van der Waals surface area contributed by atoms with Crippen molar-refractivity contribution >= 4 is 0 Å². The number of benzene rings is 1. The van der Waals surface area contributed by atoms with Crippen LogP contribution in [0.3, 0.4) is 0 Å². The highest BCUT2D eigenvalue weighted by molar-refractivity contribution is 5.28. The maximum Gasteiger partial charge on any atom is 0.0672 e. The number of rotatable bonds is 7. The van der Waals surface area contributed by atoms with E-state index in [0.29, 0.717) is 12.3 Å². The summed E-state index contributed by atoms with van der Waals surface area (Å²) in [5.74, 6) is 0.653. The smallest absolute Gasteiger partial charge is 0.0672 e. The molecular weight excluding hydrogens is 258 g/mol. The Bertz CT molecular complexity index is 412. The summed E-state index contributed by atoms with van der Waals surface area (Å²) in [5.41, 5.74) is 2.08. The van der Waals surface area contributed by atoms with Crippen LogP contribution in [-0.4, -0.2) is 23.8 Å². The molecule has 2 N–H and O–H groups in total. The molecule has 0 aromatic heterocycles. The average molecular weight is 291 g/mol. The molecule has 0 saturated carbocycles. The zero-order valence-electron chi connectivity index (χ0n) is 14.7. The largest absolute Gasteiger partial charge is 0.390 e. The molecule has 0 aliphatic rings. The van der Waals surface area contributed by atoms with Crippen molar-refractivity contribution in [2.45, 2.75) is 65.4 Å². The molecule has 21 heavy (non-hydrogen) atoms. The van der Waals surface area contributed by atoms with Gasteiger partial charge in [0, 0.05) is 6.42 Å². The Kier molecular flexibility index (Phi) is 6.42. The summed E-state index contributed by atoms with van der Waals surface area (Å²) < 4.78 is 0. The van der Waals surface area contributed by atoms with Crippen LogP contribution in [0.2, 0.25) is 0 Å². The highest BCUT2D eigenvalue weighted by atomic mass is 16.3. The molecule has 0 radical (unpaired) electrons. The van der Waals surface area contributed by atoms with Gasteiger partial charge in [0.2, 0.25) is 0 Å². The zero-order chi connectivity index (χ0) is 16.1. The van der Waals surface area contributed by atoms with E-state index in [1.165, 1.54) is 11.1 Å². The van der Waals surface area contributed by atoms with Crippen molar-refractivity contribution in [3.8, 4) is 0 Å². The minimum Gasteiger partial charge on any atom is -0.390 e. The second-order valence-corrected chi connectivity index (χ2v) is 7.97. The van der Waals surface area contributed by atoms with Crippen LogP contribution in [0.1, 0.15) is 59.1 Å². The summed E-state index contributed by atoms with van der Waals surface area (Å²) in [6.07, 6.45) is 1.49. The van der Waals surface area contributed by atoms with Gasteiger partial charge in [-0.05, 0) is 48.9 Å². The van der Waals surface area contributed by atoms with Gasteiger partial charge in [0.25, 0.3) is 0 Å². The van der Waals surface area contributed by atoms with Gasteiger partial charge in [-0.1, -0.05) is 58.9 Å². The lowest BCUT2D eigenvalue weighted by molar-refractivity contribution is 0.0514. The van der Waals surface area contributed by atoms with E-state index in [0.717, 1.165) is 19.5 Å². The third-order valence-corrected chi connectivity index (χ3v) is 3.80. The fourth-order valence-electron chi connectivity index (χ4n) is 2.40. The van der Waals surface area contributed by atoms with E-state index in [4.69, 9.17) is 0 Å². The van der Waals surface area contributed by atoms with Gasteiger partial charge < -0.3 is 10.4 Å². The normalized spacial score (nSPS) is 15.2. The third kappa shape index (κ3) is 7.10. The fourth-order valence-corrected chi connectivity index (χ4v) is 2.40. The molecule has 0 aliphatic carbocycles. The molecule has 1 rings (SSSR count). The standard InChI is InChI=1S/C19H33NO/c1-15(2)14-20-12-11-19(6,21)13-16-7-9-17(10-8-16)18(3,4)5/h7-10,15,20-21H,11-14H2,1-6H3. The van der Waals surface area contributed by atoms with Gasteiger partial charge in [-0.15, -0.1) is 0 Å². The van der Waals surface area contributed by atoms with Crippen molar-refractivity contribution in [3.05, 3.63) is 35.4 Å². The highest BCUT2D eigenvalue weighted by Crippen LogP contribution is 2.24. The first-order valence-corrected chi connectivity index (χ1v) is 8.13. The lowest BCUT2D eigenvalue weighted by atomic mass is 9.85. The Morgan fingerprint density at radius 2 is 1.62 bits per heavy atom. The molecule has 0 heterocycles. The predicted octanol–water partition coefficient (Wildman–Crippen LogP) is 3.91. The van der Waals surface area contributed by atoms with Crippen molar-refractivity contribution in [3.63, 3.8) is 0 Å². The van der Waals surface area contributed by atoms with Gasteiger partial charge in [-0.25, -0.2) is 0 Å². The number of hydrogen-bond acceptors (Lipinski definition) is 2. The van der Waals surface area contributed by atoms with Crippen LogP contribution in [0.5, 0.6) is 0 Å². The molecule has 0 amide bonds. The maximum absolute atomic E-state index is 10.5. The molecule has 1 unspecified atom stereocenters. The Balaban J connectivity index is 2.51. The fraction of sp³-hybridized carbons (Fsp3) is 0.684. The van der Waals surface area contributed by atoms with Crippen molar-refractivity contribution in [2.75, 3.05) is 13.1 Å². The van der Waals surface area contributed by atoms with Gasteiger partial charge in [0.1, 0.15) is 0 Å². The van der Waals surface area contributed by atoms with Gasteiger partial charge in [-0.2, -0.15) is 0 Å². The predicted molar refractivity (Wildman–Crippen MR) is 91.8 cm³/mol. The molecule has 1 aromatic rings. The minimum absolute atomic E-state index is 0.182. The van der Waals surface area contributed by atoms with Crippen LogP contribution in [0.25, 0.3) is 0 Å². The van der Waals surface area contributed by atoms with Crippen molar-refractivity contribution < 1.29 is 5.11 Å². The number of hydrogen-bond donors (Lipinski definition) is 2. The molecule has 120 valence electrons. The van der Waals surface area contributed by atoms with Gasteiger partial charge in [0.05, 0.1) is 5.60 Å². The first-order chi connectivity index (χ1) is 9.60. The van der Waals surface area contributed by atoms with Crippen molar-refractivity contribution in [1.29, 1.82) is 0 Å². The molecule has 1 aromatic carbocycles. The molecular formula is C19H33NO. The molecule has 2 nitrogen and oxygen atoms in total. The van der Waals surface area contributed by atoms with E-state index in [9.17, 15) is 5.11 Å². The molecule has 0 saturated heterocycles. The lowest BCUT2D eigenvalue weighted by Gasteiger charge is -2.25. The van der Waals surface area contributed by atoms with Crippen LogP contribution in [0.15, 0.2) is 24.3 Å². The summed E-state index contributed by atoms with van der Waals surface area (Å²) in [6, 6.07) is 8.66. The SMILES string of the molecule is CC(C)CNCCC(C)(O)Cc1ccc(C(C)(C)C)cc1. The maximum atomic E-state index is 10.5. The van der Waals surface area contributed by atoms with E-state index in [-0.39, 0.29) is 5.41 Å². The van der Waals surface area contributed by atoms with Crippen LogP contribution >= 0.6 is 0 Å². The van der Waals surface area contributed by atoms with Crippen LogP contribution in [-0.2, 0) is 11.8 Å². The van der Waals surface area contributed by atoms with Crippen LogP contribution in [0, 0.1) is 5.92 Å². The zero-order valence-corrected chi connectivity index (χ0v) is 14.7. The number of aliphatic hydroxyl groups is 1. The molecule has 1 atom stereocenters. The van der Waals surface area contributed by atoms with E-state index < -0.39 is 5.60 Å². The first kappa shape index (κ1) is 18.2. The Hall–Kier alpha value is -0.860. The minimum atomic E-state index is -0.646. The van der Waals surface area contributed by atoms with Gasteiger partial charge in [0.15, 0.2) is 0 Å². The monoisotopic (exact) mass is 291 g/mol. The Morgan fingerprint density at radius 1 is 1.05 bits per heavy atom. The van der Waals surface area contributed by atoms with E-state index in [1.807, 2.05) is 6.92 Å². The topological polar surface area (TPSA) is 32.3 Å². The average Bonchev–Trinajstić information content (AvgIpc) is 2.33. The second kappa shape index (κ2) is 7.42. The summed E-state index contributed by atoms with van der Waals surface area (Å²) in [4.78, 5) is 0. The molecule has 0 aliphatic heterocycles. The molecule has 0 fully saturated rings. The number of nitrogens with one attached hydrogen (secondary N) is 1. The van der Waals surface area contributed by atoms with Crippen molar-refractivity contribution in [1.82, 2.24) is 5.32 Å². The van der Waals surface area contributed by atoms with Crippen LogP contribution in [0.4, 0.5) is 0 Å². The molecule has 0 spiro atoms. The van der Waals surface area contributed by atoms with Gasteiger partial charge in [-0.3, -0.25) is 0 Å². The Labute approximate surface area is 131 Å².